The number of nitrogens with zero attached hydrogens (tertiary/aromatic N) is 2. The second kappa shape index (κ2) is 8.48. The summed E-state index contributed by atoms with van der Waals surface area (Å²) >= 11 is 0. The maximum absolute atomic E-state index is 12.7. The number of aromatic nitrogens is 2. The van der Waals surface area contributed by atoms with E-state index in [1.807, 2.05) is 59.2 Å². The number of benzene rings is 3. The minimum atomic E-state index is -0.513. The van der Waals surface area contributed by atoms with E-state index >= 15 is 0 Å². The summed E-state index contributed by atoms with van der Waals surface area (Å²) in [6, 6.07) is 23.5. The fourth-order valence-electron chi connectivity index (χ4n) is 3.14. The summed E-state index contributed by atoms with van der Waals surface area (Å²) < 4.78 is 7.68. The Labute approximate surface area is 173 Å². The maximum atomic E-state index is 12.7. The molecule has 0 fully saturated rings. The molecule has 0 saturated carbocycles. The first-order valence-electron chi connectivity index (χ1n) is 9.42. The van der Waals surface area contributed by atoms with Gasteiger partial charge in [0.2, 0.25) is 11.8 Å². The number of fused-ring (bicyclic) bond motifs is 1. The number of primary amides is 1. The number of anilines is 1. The Hall–Kier alpha value is -4.13. The molecule has 0 spiro atoms. The lowest BCUT2D eigenvalue weighted by Crippen LogP contribution is -2.21. The fourth-order valence-corrected chi connectivity index (χ4v) is 3.14. The van der Waals surface area contributed by atoms with Crippen LogP contribution in [0.2, 0.25) is 0 Å². The zero-order chi connectivity index (χ0) is 20.9. The predicted octanol–water partition coefficient (Wildman–Crippen LogP) is 3.35. The molecule has 4 rings (SSSR count). The molecule has 150 valence electrons. The second-order valence-corrected chi connectivity index (χ2v) is 6.69. The van der Waals surface area contributed by atoms with E-state index in [1.165, 1.54) is 0 Å². The van der Waals surface area contributed by atoms with Crippen LogP contribution in [0.4, 0.5) is 5.69 Å². The van der Waals surface area contributed by atoms with Gasteiger partial charge in [-0.15, -0.1) is 0 Å². The molecule has 0 saturated heterocycles. The highest BCUT2D eigenvalue weighted by Gasteiger charge is 2.14. The van der Waals surface area contributed by atoms with Gasteiger partial charge in [-0.2, -0.15) is 0 Å². The van der Waals surface area contributed by atoms with Gasteiger partial charge in [0.1, 0.15) is 24.7 Å². The van der Waals surface area contributed by atoms with E-state index < -0.39 is 5.91 Å². The minimum absolute atomic E-state index is 0.0750. The molecule has 0 unspecified atom stereocenters. The van der Waals surface area contributed by atoms with Crippen molar-refractivity contribution < 1.29 is 14.3 Å². The average molecular weight is 400 g/mol. The number of nitrogens with two attached hydrogens (primary N) is 1. The van der Waals surface area contributed by atoms with Gasteiger partial charge < -0.3 is 20.4 Å². The molecule has 3 aromatic carbocycles. The minimum Gasteiger partial charge on any atom is -0.486 e. The van der Waals surface area contributed by atoms with Gasteiger partial charge in [0.15, 0.2) is 0 Å². The highest BCUT2D eigenvalue weighted by atomic mass is 16.5. The second-order valence-electron chi connectivity index (χ2n) is 6.69. The SMILES string of the molecule is NC(=O)c1ccc(NC(=O)Cn2c(COc3ccccc3)nc3ccccc32)cc1. The van der Waals surface area contributed by atoms with Crippen LogP contribution in [0, 0.1) is 0 Å². The van der Waals surface area contributed by atoms with Crippen molar-refractivity contribution in [3.05, 3.63) is 90.3 Å². The Morgan fingerprint density at radius 2 is 1.63 bits per heavy atom. The number of imidazole rings is 1. The Bertz CT molecular complexity index is 1180. The Morgan fingerprint density at radius 1 is 0.933 bits per heavy atom. The highest BCUT2D eigenvalue weighted by Crippen LogP contribution is 2.19. The van der Waals surface area contributed by atoms with Gasteiger partial charge in [-0.1, -0.05) is 30.3 Å². The lowest BCUT2D eigenvalue weighted by atomic mass is 10.2. The first kappa shape index (κ1) is 19.2. The van der Waals surface area contributed by atoms with Crippen molar-refractivity contribution in [3.8, 4) is 5.75 Å². The molecular formula is C23H20N4O3. The van der Waals surface area contributed by atoms with Gasteiger partial charge in [-0.3, -0.25) is 9.59 Å². The van der Waals surface area contributed by atoms with Gasteiger partial charge in [-0.25, -0.2) is 4.98 Å². The third-order valence-electron chi connectivity index (χ3n) is 4.60. The smallest absolute Gasteiger partial charge is 0.248 e. The Morgan fingerprint density at radius 3 is 2.37 bits per heavy atom. The molecule has 7 nitrogen and oxygen atoms in total. The zero-order valence-corrected chi connectivity index (χ0v) is 16.1. The molecule has 3 N–H and O–H groups in total. The van der Waals surface area contributed by atoms with Crippen LogP contribution >= 0.6 is 0 Å². The summed E-state index contributed by atoms with van der Waals surface area (Å²) in [5.74, 6) is 0.654. The van der Waals surface area contributed by atoms with Gasteiger partial charge in [-0.05, 0) is 48.5 Å². The maximum Gasteiger partial charge on any atom is 0.248 e. The summed E-state index contributed by atoms with van der Waals surface area (Å²) in [5, 5.41) is 2.83. The van der Waals surface area contributed by atoms with Crippen molar-refractivity contribution in [2.75, 3.05) is 5.32 Å². The number of amides is 2. The average Bonchev–Trinajstić information content (AvgIpc) is 3.10. The van der Waals surface area contributed by atoms with Crippen LogP contribution in [0.15, 0.2) is 78.9 Å². The van der Waals surface area contributed by atoms with E-state index in [0.29, 0.717) is 17.1 Å². The molecule has 0 aliphatic carbocycles. The quantitative estimate of drug-likeness (QED) is 0.497. The lowest BCUT2D eigenvalue weighted by Gasteiger charge is -2.11. The topological polar surface area (TPSA) is 99.2 Å². The van der Waals surface area contributed by atoms with Crippen molar-refractivity contribution >= 4 is 28.5 Å². The number of nitrogens with one attached hydrogen (secondary N) is 1. The van der Waals surface area contributed by atoms with E-state index in [1.54, 1.807) is 24.3 Å². The van der Waals surface area contributed by atoms with Crippen LogP contribution in [0.1, 0.15) is 16.2 Å². The van der Waals surface area contributed by atoms with Gasteiger partial charge in [0.05, 0.1) is 11.0 Å². The number of rotatable bonds is 7. The number of ether oxygens (including phenoxy) is 1. The first-order chi connectivity index (χ1) is 14.6. The Balaban J connectivity index is 1.53. The van der Waals surface area contributed by atoms with Crippen molar-refractivity contribution in [1.82, 2.24) is 9.55 Å². The third-order valence-corrected chi connectivity index (χ3v) is 4.60. The molecule has 7 heteroatoms. The molecule has 0 atom stereocenters. The molecule has 4 aromatic rings. The lowest BCUT2D eigenvalue weighted by molar-refractivity contribution is -0.116. The van der Waals surface area contributed by atoms with Crippen molar-refractivity contribution in [1.29, 1.82) is 0 Å². The van der Waals surface area contributed by atoms with Crippen LogP contribution in [0.25, 0.3) is 11.0 Å². The predicted molar refractivity (Wildman–Crippen MR) is 114 cm³/mol. The first-order valence-corrected chi connectivity index (χ1v) is 9.42. The van der Waals surface area contributed by atoms with Crippen LogP contribution in [0.5, 0.6) is 5.75 Å². The molecule has 1 aromatic heterocycles. The van der Waals surface area contributed by atoms with E-state index in [2.05, 4.69) is 10.3 Å². The summed E-state index contributed by atoms with van der Waals surface area (Å²) in [6.07, 6.45) is 0. The van der Waals surface area contributed by atoms with E-state index in [-0.39, 0.29) is 19.1 Å². The van der Waals surface area contributed by atoms with Crippen molar-refractivity contribution in [3.63, 3.8) is 0 Å². The van der Waals surface area contributed by atoms with Crippen LogP contribution < -0.4 is 15.8 Å². The monoisotopic (exact) mass is 400 g/mol. The standard InChI is InChI=1S/C23H20N4O3/c24-23(29)16-10-12-17(13-11-16)25-22(28)14-27-20-9-5-4-8-19(20)26-21(27)15-30-18-6-2-1-3-7-18/h1-13H,14-15H2,(H2,24,29)(H,25,28). The molecular weight excluding hydrogens is 380 g/mol. The molecule has 0 bridgehead atoms. The Kier molecular flexibility index (Phi) is 5.43. The van der Waals surface area contributed by atoms with Gasteiger partial charge in [0.25, 0.3) is 0 Å². The van der Waals surface area contributed by atoms with Crippen LogP contribution in [0.3, 0.4) is 0 Å². The number of hydrogen-bond acceptors (Lipinski definition) is 4. The molecule has 0 aliphatic heterocycles. The normalized spacial score (nSPS) is 10.7. The van der Waals surface area contributed by atoms with Gasteiger partial charge in [0, 0.05) is 11.3 Å². The van der Waals surface area contributed by atoms with Gasteiger partial charge >= 0.3 is 0 Å². The number of carbonyl (C=O) groups is 2. The fraction of sp³-hybridized carbons (Fsp3) is 0.0870. The van der Waals surface area contributed by atoms with E-state index in [4.69, 9.17) is 10.5 Å². The zero-order valence-electron chi connectivity index (χ0n) is 16.1. The highest BCUT2D eigenvalue weighted by molar-refractivity contribution is 5.95. The van der Waals surface area contributed by atoms with E-state index in [0.717, 1.165) is 16.8 Å². The van der Waals surface area contributed by atoms with Crippen LogP contribution in [-0.2, 0) is 17.9 Å². The largest absolute Gasteiger partial charge is 0.486 e. The third kappa shape index (κ3) is 4.30. The summed E-state index contributed by atoms with van der Waals surface area (Å²) in [4.78, 5) is 28.5. The van der Waals surface area contributed by atoms with Crippen LogP contribution in [-0.4, -0.2) is 21.4 Å². The van der Waals surface area contributed by atoms with Crippen molar-refractivity contribution in [2.45, 2.75) is 13.2 Å². The molecule has 1 heterocycles. The number of carbonyl (C=O) groups excluding carboxylic acids is 2. The molecule has 30 heavy (non-hydrogen) atoms. The van der Waals surface area contributed by atoms with Crippen molar-refractivity contribution in [2.24, 2.45) is 5.73 Å². The molecule has 0 aliphatic rings. The molecule has 0 radical (unpaired) electrons. The number of hydrogen-bond donors (Lipinski definition) is 2. The van der Waals surface area contributed by atoms with E-state index in [9.17, 15) is 9.59 Å². The number of para-hydroxylation sites is 3. The summed E-state index contributed by atoms with van der Waals surface area (Å²) in [7, 11) is 0. The summed E-state index contributed by atoms with van der Waals surface area (Å²) in [5.41, 5.74) is 7.85. The summed E-state index contributed by atoms with van der Waals surface area (Å²) in [6.45, 7) is 0.310. The molecule has 2 amide bonds.